The molecular formula is C12H15NO2. The number of aromatic nitrogens is 1. The van der Waals surface area contributed by atoms with E-state index < -0.39 is 5.60 Å². The summed E-state index contributed by atoms with van der Waals surface area (Å²) in [5.41, 5.74) is 1.42. The first-order chi connectivity index (χ1) is 7.12. The van der Waals surface area contributed by atoms with Crippen LogP contribution in [-0.2, 0) is 15.1 Å². The molecule has 1 fully saturated rings. The number of nitrogens with zero attached hydrogens (tertiary/aromatic N) is 1. The summed E-state index contributed by atoms with van der Waals surface area (Å²) in [5.74, 6) is -0.224. The van der Waals surface area contributed by atoms with Crippen LogP contribution in [0.25, 0.3) is 0 Å². The van der Waals surface area contributed by atoms with Gasteiger partial charge in [0.15, 0.2) is 5.60 Å². The van der Waals surface area contributed by atoms with Crippen molar-refractivity contribution in [3.63, 3.8) is 0 Å². The van der Waals surface area contributed by atoms with Crippen LogP contribution < -0.4 is 0 Å². The second kappa shape index (κ2) is 3.65. The van der Waals surface area contributed by atoms with Crippen LogP contribution in [0.15, 0.2) is 18.2 Å². The average molecular weight is 205 g/mol. The predicted octanol–water partition coefficient (Wildman–Crippen LogP) is 2.33. The lowest BCUT2D eigenvalue weighted by molar-refractivity contribution is -0.169. The molecule has 2 rings (SSSR count). The molecule has 1 saturated carbocycles. The maximum absolute atomic E-state index is 11.1. The molecule has 0 amide bonds. The number of carbonyl (C=O) groups excluding carboxylic acids is 1. The van der Waals surface area contributed by atoms with Crippen molar-refractivity contribution < 1.29 is 9.53 Å². The number of carbonyl (C=O) groups is 1. The molecule has 1 heterocycles. The number of ether oxygens (including phenoxy) is 1. The van der Waals surface area contributed by atoms with Crippen molar-refractivity contribution in [1.29, 1.82) is 0 Å². The summed E-state index contributed by atoms with van der Waals surface area (Å²) in [4.78, 5) is 15.5. The molecule has 3 nitrogen and oxygen atoms in total. The Morgan fingerprint density at radius 2 is 2.20 bits per heavy atom. The van der Waals surface area contributed by atoms with Crippen LogP contribution in [0.3, 0.4) is 0 Å². The largest absolute Gasteiger partial charge is 0.453 e. The maximum Gasteiger partial charge on any atom is 0.303 e. The molecular weight excluding hydrogens is 190 g/mol. The minimum absolute atomic E-state index is 0.224. The van der Waals surface area contributed by atoms with Crippen molar-refractivity contribution in [3.05, 3.63) is 29.6 Å². The van der Waals surface area contributed by atoms with Gasteiger partial charge in [-0.3, -0.25) is 9.78 Å². The third-order valence-corrected chi connectivity index (χ3v) is 2.86. The van der Waals surface area contributed by atoms with Gasteiger partial charge in [0, 0.05) is 12.6 Å². The molecule has 0 aromatic carbocycles. The molecule has 0 N–H and O–H groups in total. The fraction of sp³-hybridized carbons (Fsp3) is 0.500. The number of aryl methyl sites for hydroxylation is 1. The lowest BCUT2D eigenvalue weighted by Crippen LogP contribution is -2.39. The van der Waals surface area contributed by atoms with E-state index in [0.29, 0.717) is 0 Å². The van der Waals surface area contributed by atoms with E-state index in [0.717, 1.165) is 30.7 Å². The molecule has 0 radical (unpaired) electrons. The summed E-state index contributed by atoms with van der Waals surface area (Å²) in [6.07, 6.45) is 2.88. The zero-order valence-corrected chi connectivity index (χ0v) is 9.12. The van der Waals surface area contributed by atoms with E-state index in [1.54, 1.807) is 0 Å². The molecule has 1 aromatic rings. The Hall–Kier alpha value is -1.38. The summed E-state index contributed by atoms with van der Waals surface area (Å²) in [7, 11) is 0. The zero-order chi connectivity index (χ0) is 10.9. The molecule has 80 valence electrons. The Kier molecular flexibility index (Phi) is 2.47. The summed E-state index contributed by atoms with van der Waals surface area (Å²) in [5, 5.41) is 0. The van der Waals surface area contributed by atoms with Gasteiger partial charge in [-0.15, -0.1) is 0 Å². The Balaban J connectivity index is 2.29. The smallest absolute Gasteiger partial charge is 0.303 e. The molecule has 0 atom stereocenters. The maximum atomic E-state index is 11.1. The van der Waals surface area contributed by atoms with Crippen LogP contribution in [-0.4, -0.2) is 11.0 Å². The highest BCUT2D eigenvalue weighted by molar-refractivity contribution is 5.66. The van der Waals surface area contributed by atoms with Gasteiger partial charge in [0.2, 0.25) is 0 Å². The van der Waals surface area contributed by atoms with E-state index in [-0.39, 0.29) is 5.97 Å². The lowest BCUT2D eigenvalue weighted by atomic mass is 9.77. The summed E-state index contributed by atoms with van der Waals surface area (Å²) in [6, 6.07) is 5.85. The number of rotatable bonds is 2. The van der Waals surface area contributed by atoms with Gasteiger partial charge in [-0.2, -0.15) is 0 Å². The number of esters is 1. The van der Waals surface area contributed by atoms with E-state index in [4.69, 9.17) is 4.74 Å². The van der Waals surface area contributed by atoms with Gasteiger partial charge < -0.3 is 4.74 Å². The molecule has 0 bridgehead atoms. The van der Waals surface area contributed by atoms with Gasteiger partial charge in [-0.05, 0) is 38.3 Å². The van der Waals surface area contributed by atoms with Crippen molar-refractivity contribution >= 4 is 5.97 Å². The van der Waals surface area contributed by atoms with E-state index in [1.807, 2.05) is 25.1 Å². The molecule has 3 heteroatoms. The molecule has 1 aliphatic rings. The first-order valence-corrected chi connectivity index (χ1v) is 5.26. The third kappa shape index (κ3) is 1.87. The molecule has 15 heavy (non-hydrogen) atoms. The molecule has 0 aliphatic heterocycles. The minimum Gasteiger partial charge on any atom is -0.453 e. The Morgan fingerprint density at radius 1 is 1.47 bits per heavy atom. The number of hydrogen-bond donors (Lipinski definition) is 0. The summed E-state index contributed by atoms with van der Waals surface area (Å²) >= 11 is 0. The highest BCUT2D eigenvalue weighted by Gasteiger charge is 2.43. The number of pyridine rings is 1. The first-order valence-electron chi connectivity index (χ1n) is 5.26. The van der Waals surface area contributed by atoms with Gasteiger partial charge in [-0.1, -0.05) is 6.07 Å². The average Bonchev–Trinajstić information content (AvgIpc) is 2.11. The third-order valence-electron chi connectivity index (χ3n) is 2.86. The summed E-state index contributed by atoms with van der Waals surface area (Å²) < 4.78 is 5.41. The standard InChI is InChI=1S/C12H15NO2/c1-9-5-3-6-11(13-9)12(7-4-8-12)15-10(2)14/h3,5-6H,4,7-8H2,1-2H3. The van der Waals surface area contributed by atoms with Crippen LogP contribution in [0.5, 0.6) is 0 Å². The second-order valence-corrected chi connectivity index (χ2v) is 4.11. The molecule has 0 unspecified atom stereocenters. The lowest BCUT2D eigenvalue weighted by Gasteiger charge is -2.40. The Labute approximate surface area is 89.5 Å². The Morgan fingerprint density at radius 3 is 2.67 bits per heavy atom. The minimum atomic E-state index is -0.433. The number of hydrogen-bond acceptors (Lipinski definition) is 3. The van der Waals surface area contributed by atoms with Crippen molar-refractivity contribution in [2.75, 3.05) is 0 Å². The van der Waals surface area contributed by atoms with Crippen molar-refractivity contribution in [3.8, 4) is 0 Å². The van der Waals surface area contributed by atoms with E-state index in [1.165, 1.54) is 6.92 Å². The molecule has 1 aliphatic carbocycles. The predicted molar refractivity (Wildman–Crippen MR) is 56.3 cm³/mol. The van der Waals surface area contributed by atoms with Crippen LogP contribution in [0.2, 0.25) is 0 Å². The van der Waals surface area contributed by atoms with Gasteiger partial charge in [0.05, 0.1) is 5.69 Å². The van der Waals surface area contributed by atoms with Gasteiger partial charge in [0.1, 0.15) is 0 Å². The van der Waals surface area contributed by atoms with Crippen LogP contribution >= 0.6 is 0 Å². The van der Waals surface area contributed by atoms with Crippen LogP contribution in [0.4, 0.5) is 0 Å². The normalized spacial score (nSPS) is 18.0. The fourth-order valence-electron chi connectivity index (χ4n) is 1.98. The molecule has 1 aromatic heterocycles. The SMILES string of the molecule is CC(=O)OC1(c2cccc(C)n2)CCC1. The quantitative estimate of drug-likeness (QED) is 0.695. The van der Waals surface area contributed by atoms with Gasteiger partial charge >= 0.3 is 5.97 Å². The highest BCUT2D eigenvalue weighted by Crippen LogP contribution is 2.43. The van der Waals surface area contributed by atoms with Gasteiger partial charge in [-0.25, -0.2) is 0 Å². The first kappa shape index (κ1) is 10.1. The fourth-order valence-corrected chi connectivity index (χ4v) is 1.98. The van der Waals surface area contributed by atoms with Crippen molar-refractivity contribution in [1.82, 2.24) is 4.98 Å². The molecule has 0 spiro atoms. The van der Waals surface area contributed by atoms with Crippen LogP contribution in [0, 0.1) is 6.92 Å². The monoisotopic (exact) mass is 205 g/mol. The van der Waals surface area contributed by atoms with E-state index in [2.05, 4.69) is 4.98 Å². The van der Waals surface area contributed by atoms with Crippen LogP contribution in [0.1, 0.15) is 37.6 Å². The second-order valence-electron chi connectivity index (χ2n) is 4.11. The van der Waals surface area contributed by atoms with E-state index >= 15 is 0 Å². The highest BCUT2D eigenvalue weighted by atomic mass is 16.6. The topological polar surface area (TPSA) is 39.2 Å². The van der Waals surface area contributed by atoms with Gasteiger partial charge in [0.25, 0.3) is 0 Å². The molecule has 0 saturated heterocycles. The van der Waals surface area contributed by atoms with Crippen molar-refractivity contribution in [2.24, 2.45) is 0 Å². The summed E-state index contributed by atoms with van der Waals surface area (Å²) in [6.45, 7) is 3.40. The van der Waals surface area contributed by atoms with Crippen molar-refractivity contribution in [2.45, 2.75) is 38.7 Å². The zero-order valence-electron chi connectivity index (χ0n) is 9.12. The Bertz CT molecular complexity index is 383. The van der Waals surface area contributed by atoms with E-state index in [9.17, 15) is 4.79 Å².